The van der Waals surface area contributed by atoms with E-state index in [0.717, 1.165) is 21.4 Å². The number of amides is 1. The number of benzene rings is 2. The van der Waals surface area contributed by atoms with E-state index in [2.05, 4.69) is 0 Å². The fourth-order valence-electron chi connectivity index (χ4n) is 2.93. The highest BCUT2D eigenvalue weighted by Crippen LogP contribution is 2.35. The molecule has 1 amide bonds. The summed E-state index contributed by atoms with van der Waals surface area (Å²) < 4.78 is 37.3. The molecule has 136 valence electrons. The Balaban J connectivity index is 1.44. The summed E-state index contributed by atoms with van der Waals surface area (Å²) in [6.07, 6.45) is 0.840. The van der Waals surface area contributed by atoms with Gasteiger partial charge in [-0.25, -0.2) is 12.7 Å². The Kier molecular flexibility index (Phi) is 4.54. The molecule has 6 nitrogen and oxygen atoms in total. The molecule has 0 fully saturated rings. The summed E-state index contributed by atoms with van der Waals surface area (Å²) >= 11 is 1.47. The quantitative estimate of drug-likeness (QED) is 0.747. The molecule has 2 heterocycles. The molecule has 2 aliphatic rings. The molecule has 0 N–H and O–H groups in total. The Morgan fingerprint density at radius 2 is 1.81 bits per heavy atom. The lowest BCUT2D eigenvalue weighted by Crippen LogP contribution is -2.32. The zero-order valence-electron chi connectivity index (χ0n) is 13.9. The zero-order valence-corrected chi connectivity index (χ0v) is 15.5. The highest BCUT2D eigenvalue weighted by Gasteiger charge is 2.40. The Morgan fingerprint density at radius 1 is 1.04 bits per heavy atom. The minimum atomic E-state index is -3.74. The first-order valence-corrected chi connectivity index (χ1v) is 10.7. The maximum absolute atomic E-state index is 12.5. The van der Waals surface area contributed by atoms with Gasteiger partial charge in [-0.3, -0.25) is 4.79 Å². The van der Waals surface area contributed by atoms with Crippen molar-refractivity contribution in [1.82, 2.24) is 4.31 Å². The van der Waals surface area contributed by atoms with E-state index < -0.39 is 15.9 Å². The lowest BCUT2D eigenvalue weighted by Gasteiger charge is -2.15. The number of sulfonamides is 1. The second-order valence-electron chi connectivity index (χ2n) is 5.89. The van der Waals surface area contributed by atoms with Gasteiger partial charge in [-0.15, -0.1) is 11.8 Å². The molecule has 0 atom stereocenters. The van der Waals surface area contributed by atoms with Crippen molar-refractivity contribution in [3.05, 3.63) is 48.0 Å². The van der Waals surface area contributed by atoms with E-state index in [1.54, 1.807) is 18.2 Å². The van der Waals surface area contributed by atoms with Crippen molar-refractivity contribution in [3.8, 4) is 11.5 Å². The van der Waals surface area contributed by atoms with Crippen molar-refractivity contribution in [1.29, 1.82) is 0 Å². The third-order valence-electron chi connectivity index (χ3n) is 4.19. The molecule has 0 radical (unpaired) electrons. The molecule has 4 rings (SSSR count). The number of nitrogens with zero attached hydrogens (tertiary/aromatic N) is 1. The van der Waals surface area contributed by atoms with Gasteiger partial charge in [0.05, 0.1) is 18.8 Å². The second kappa shape index (κ2) is 6.85. The normalized spacial score (nSPS) is 17.7. The third kappa shape index (κ3) is 3.03. The molecule has 0 saturated heterocycles. The monoisotopic (exact) mass is 391 g/mol. The van der Waals surface area contributed by atoms with E-state index in [9.17, 15) is 13.2 Å². The highest BCUT2D eigenvalue weighted by molar-refractivity contribution is 7.99. The minimum absolute atomic E-state index is 0.0885. The molecular formula is C18H17NO5S2. The number of hydrogen-bond acceptors (Lipinski definition) is 6. The zero-order chi connectivity index (χ0) is 18.1. The number of carbonyl (C=O) groups is 1. The van der Waals surface area contributed by atoms with Crippen LogP contribution in [-0.2, 0) is 10.0 Å². The van der Waals surface area contributed by atoms with Crippen molar-refractivity contribution in [2.24, 2.45) is 0 Å². The van der Waals surface area contributed by atoms with E-state index >= 15 is 0 Å². The number of carbonyl (C=O) groups excluding carboxylic acids is 1. The third-order valence-corrected chi connectivity index (χ3v) is 7.01. The fraction of sp³-hybridized carbons (Fsp3) is 0.278. The Labute approximate surface area is 156 Å². The van der Waals surface area contributed by atoms with Gasteiger partial charge in [-0.1, -0.05) is 12.1 Å². The van der Waals surface area contributed by atoms with Gasteiger partial charge in [0.1, 0.15) is 4.90 Å². The Bertz CT molecular complexity index is 958. The predicted octanol–water partition coefficient (Wildman–Crippen LogP) is 2.78. The maximum atomic E-state index is 12.5. The van der Waals surface area contributed by atoms with Gasteiger partial charge in [0.25, 0.3) is 15.9 Å². The molecule has 2 aliphatic heterocycles. The summed E-state index contributed by atoms with van der Waals surface area (Å²) in [4.78, 5) is 13.4. The summed E-state index contributed by atoms with van der Waals surface area (Å²) in [6, 6.07) is 12.0. The van der Waals surface area contributed by atoms with Gasteiger partial charge in [0, 0.05) is 23.6 Å². The van der Waals surface area contributed by atoms with E-state index in [0.29, 0.717) is 24.7 Å². The van der Waals surface area contributed by atoms with Crippen LogP contribution in [0.4, 0.5) is 0 Å². The van der Waals surface area contributed by atoms with Crippen molar-refractivity contribution in [2.75, 3.05) is 25.5 Å². The van der Waals surface area contributed by atoms with Crippen LogP contribution in [0, 0.1) is 0 Å². The van der Waals surface area contributed by atoms with Gasteiger partial charge < -0.3 is 9.47 Å². The van der Waals surface area contributed by atoms with Crippen LogP contribution in [0.15, 0.2) is 52.3 Å². The van der Waals surface area contributed by atoms with Gasteiger partial charge in [-0.05, 0) is 30.3 Å². The number of thioether (sulfide) groups is 1. The average molecular weight is 391 g/mol. The SMILES string of the molecule is O=C1c2ccccc2S(=O)(=O)N1CCSc1ccc2c(c1)OCCCO2. The maximum Gasteiger partial charge on any atom is 0.269 e. The lowest BCUT2D eigenvalue weighted by atomic mass is 10.2. The van der Waals surface area contributed by atoms with Gasteiger partial charge in [0.15, 0.2) is 11.5 Å². The van der Waals surface area contributed by atoms with Gasteiger partial charge >= 0.3 is 0 Å². The van der Waals surface area contributed by atoms with Crippen LogP contribution in [-0.4, -0.2) is 44.1 Å². The van der Waals surface area contributed by atoms with Gasteiger partial charge in [-0.2, -0.15) is 0 Å². The molecule has 0 unspecified atom stereocenters. The summed E-state index contributed by atoms with van der Waals surface area (Å²) in [6.45, 7) is 1.36. The topological polar surface area (TPSA) is 72.9 Å². The number of ether oxygens (including phenoxy) is 2. The van der Waals surface area contributed by atoms with E-state index in [4.69, 9.17) is 9.47 Å². The molecule has 0 saturated carbocycles. The molecular weight excluding hydrogens is 374 g/mol. The van der Waals surface area contributed by atoms with Crippen molar-refractivity contribution in [2.45, 2.75) is 16.2 Å². The number of rotatable bonds is 4. The average Bonchev–Trinajstić information content (AvgIpc) is 2.80. The van der Waals surface area contributed by atoms with Crippen LogP contribution in [0.1, 0.15) is 16.8 Å². The van der Waals surface area contributed by atoms with Crippen molar-refractivity contribution < 1.29 is 22.7 Å². The van der Waals surface area contributed by atoms with Crippen LogP contribution in [0.25, 0.3) is 0 Å². The Hall–Kier alpha value is -2.19. The first-order valence-electron chi connectivity index (χ1n) is 8.26. The van der Waals surface area contributed by atoms with Crippen LogP contribution in [0.2, 0.25) is 0 Å². The summed E-state index contributed by atoms with van der Waals surface area (Å²) in [5.74, 6) is 1.42. The van der Waals surface area contributed by atoms with Crippen LogP contribution in [0.3, 0.4) is 0 Å². The highest BCUT2D eigenvalue weighted by atomic mass is 32.2. The van der Waals surface area contributed by atoms with Crippen LogP contribution < -0.4 is 9.47 Å². The van der Waals surface area contributed by atoms with E-state index in [-0.39, 0.29) is 17.0 Å². The first-order chi connectivity index (χ1) is 12.6. The summed E-state index contributed by atoms with van der Waals surface area (Å²) in [5.41, 5.74) is 0.244. The molecule has 0 aromatic heterocycles. The van der Waals surface area contributed by atoms with Crippen molar-refractivity contribution in [3.63, 3.8) is 0 Å². The Morgan fingerprint density at radius 3 is 2.62 bits per heavy atom. The van der Waals surface area contributed by atoms with Crippen LogP contribution >= 0.6 is 11.8 Å². The molecule has 0 aliphatic carbocycles. The van der Waals surface area contributed by atoms with E-state index in [1.807, 2.05) is 18.2 Å². The van der Waals surface area contributed by atoms with Crippen molar-refractivity contribution >= 4 is 27.7 Å². The second-order valence-corrected chi connectivity index (χ2v) is 8.89. The molecule has 8 heteroatoms. The van der Waals surface area contributed by atoms with Crippen LogP contribution in [0.5, 0.6) is 11.5 Å². The lowest BCUT2D eigenvalue weighted by molar-refractivity contribution is 0.0876. The number of fused-ring (bicyclic) bond motifs is 2. The minimum Gasteiger partial charge on any atom is -0.490 e. The molecule has 0 spiro atoms. The standard InChI is InChI=1S/C18H17NO5S2/c20-18-14-4-1-2-5-17(14)26(21,22)19(18)8-11-25-13-6-7-15-16(12-13)24-10-3-9-23-15/h1-2,4-7,12H,3,8-11H2. The molecule has 2 aromatic carbocycles. The smallest absolute Gasteiger partial charge is 0.269 e. The summed E-state index contributed by atoms with van der Waals surface area (Å²) in [5, 5.41) is 0. The largest absolute Gasteiger partial charge is 0.490 e. The predicted molar refractivity (Wildman–Crippen MR) is 97.4 cm³/mol. The van der Waals surface area contributed by atoms with Gasteiger partial charge in [0.2, 0.25) is 0 Å². The van der Waals surface area contributed by atoms with E-state index in [1.165, 1.54) is 17.8 Å². The molecule has 0 bridgehead atoms. The first kappa shape index (κ1) is 17.2. The molecule has 2 aromatic rings. The molecule has 26 heavy (non-hydrogen) atoms. The fourth-order valence-corrected chi connectivity index (χ4v) is 5.48. The number of hydrogen-bond donors (Lipinski definition) is 0. The summed E-state index contributed by atoms with van der Waals surface area (Å²) in [7, 11) is -3.74.